The molecule has 1 aromatic carbocycles. The number of halogens is 1. The second-order valence-corrected chi connectivity index (χ2v) is 5.58. The van der Waals surface area contributed by atoms with Crippen molar-refractivity contribution in [3.05, 3.63) is 58.9 Å². The summed E-state index contributed by atoms with van der Waals surface area (Å²) in [4.78, 5) is 4.47. The van der Waals surface area contributed by atoms with Crippen molar-refractivity contribution in [3.8, 4) is 5.75 Å². The number of benzene rings is 1. The molecule has 21 heavy (non-hydrogen) atoms. The molecule has 0 aliphatic rings. The molecule has 1 heterocycles. The van der Waals surface area contributed by atoms with Crippen LogP contribution >= 0.6 is 11.6 Å². The predicted molar refractivity (Wildman–Crippen MR) is 87.0 cm³/mol. The van der Waals surface area contributed by atoms with E-state index in [1.807, 2.05) is 50.4 Å². The first kappa shape index (κ1) is 15.8. The van der Waals surface area contributed by atoms with Gasteiger partial charge in [0.05, 0.1) is 18.2 Å². The van der Waals surface area contributed by atoms with E-state index in [0.717, 1.165) is 28.1 Å². The molecule has 1 atom stereocenters. The van der Waals surface area contributed by atoms with Crippen LogP contribution in [0, 0.1) is 13.8 Å². The summed E-state index contributed by atoms with van der Waals surface area (Å²) in [6.07, 6.45) is 1.85. The van der Waals surface area contributed by atoms with Crippen LogP contribution in [-0.2, 0) is 6.54 Å². The smallest absolute Gasteiger partial charge is 0.128 e. The monoisotopic (exact) mass is 304 g/mol. The highest BCUT2D eigenvalue weighted by Crippen LogP contribution is 2.24. The Labute approximate surface area is 131 Å². The van der Waals surface area contributed by atoms with Crippen LogP contribution in [0.1, 0.15) is 27.8 Å². The van der Waals surface area contributed by atoms with E-state index in [4.69, 9.17) is 16.3 Å². The lowest BCUT2D eigenvalue weighted by molar-refractivity contribution is 0.406. The van der Waals surface area contributed by atoms with Crippen molar-refractivity contribution in [1.82, 2.24) is 10.3 Å². The zero-order valence-electron chi connectivity index (χ0n) is 12.7. The fourth-order valence-electron chi connectivity index (χ4n) is 2.35. The zero-order chi connectivity index (χ0) is 15.2. The number of nitrogens with one attached hydrogen (secondary N) is 1. The first-order valence-corrected chi connectivity index (χ1v) is 7.46. The van der Waals surface area contributed by atoms with E-state index in [2.05, 4.69) is 10.3 Å². The lowest BCUT2D eigenvalue weighted by Crippen LogP contribution is -2.20. The minimum atomic E-state index is -0.0427. The average molecular weight is 305 g/mol. The zero-order valence-corrected chi connectivity index (χ0v) is 13.4. The maximum atomic E-state index is 6.39. The molecule has 4 heteroatoms. The van der Waals surface area contributed by atoms with Crippen LogP contribution in [0.15, 0.2) is 36.5 Å². The number of hydrogen-bond donors (Lipinski definition) is 1. The van der Waals surface area contributed by atoms with Gasteiger partial charge in [0.25, 0.3) is 0 Å². The molecule has 2 rings (SSSR count). The number of alkyl halides is 1. The van der Waals surface area contributed by atoms with Gasteiger partial charge in [0.15, 0.2) is 0 Å². The number of hydrogen-bond acceptors (Lipinski definition) is 3. The molecule has 3 nitrogen and oxygen atoms in total. The lowest BCUT2D eigenvalue weighted by atomic mass is 10.1. The number of nitrogens with zero attached hydrogens (tertiary/aromatic N) is 1. The molecular formula is C17H21ClN2O. The quantitative estimate of drug-likeness (QED) is 0.825. The number of aryl methyl sites for hydroxylation is 1. The van der Waals surface area contributed by atoms with Gasteiger partial charge in [-0.15, -0.1) is 11.6 Å². The SMILES string of the molecule is COc1c(C)cnc(CNCC(Cl)c2ccccc2)c1C. The van der Waals surface area contributed by atoms with Crippen LogP contribution in [0.25, 0.3) is 0 Å². The first-order valence-electron chi connectivity index (χ1n) is 7.02. The van der Waals surface area contributed by atoms with Gasteiger partial charge in [0.1, 0.15) is 5.75 Å². The Morgan fingerprint density at radius 1 is 1.24 bits per heavy atom. The third-order valence-electron chi connectivity index (χ3n) is 3.53. The highest BCUT2D eigenvalue weighted by atomic mass is 35.5. The molecule has 0 spiro atoms. The molecule has 0 saturated heterocycles. The summed E-state index contributed by atoms with van der Waals surface area (Å²) in [6.45, 7) is 5.41. The second kappa shape index (κ2) is 7.43. The van der Waals surface area contributed by atoms with Gasteiger partial charge in [-0.05, 0) is 19.4 Å². The van der Waals surface area contributed by atoms with Crippen LogP contribution in [-0.4, -0.2) is 18.6 Å². The molecule has 0 fully saturated rings. The summed E-state index contributed by atoms with van der Waals surface area (Å²) in [5.74, 6) is 0.910. The van der Waals surface area contributed by atoms with Crippen LogP contribution in [0.5, 0.6) is 5.75 Å². The van der Waals surface area contributed by atoms with E-state index in [1.54, 1.807) is 7.11 Å². The van der Waals surface area contributed by atoms with Gasteiger partial charge in [-0.1, -0.05) is 30.3 Å². The maximum Gasteiger partial charge on any atom is 0.128 e. The minimum absolute atomic E-state index is 0.0427. The van der Waals surface area contributed by atoms with E-state index in [-0.39, 0.29) is 5.38 Å². The average Bonchev–Trinajstić information content (AvgIpc) is 2.51. The van der Waals surface area contributed by atoms with Crippen LogP contribution < -0.4 is 10.1 Å². The molecular weight excluding hydrogens is 284 g/mol. The standard InChI is InChI=1S/C17H21ClN2O/c1-12-9-20-16(13(2)17(12)21-3)11-19-10-15(18)14-7-5-4-6-8-14/h4-9,15,19H,10-11H2,1-3H3. The Morgan fingerprint density at radius 3 is 2.62 bits per heavy atom. The van der Waals surface area contributed by atoms with Gasteiger partial charge >= 0.3 is 0 Å². The summed E-state index contributed by atoms with van der Waals surface area (Å²) >= 11 is 6.39. The summed E-state index contributed by atoms with van der Waals surface area (Å²) < 4.78 is 5.42. The van der Waals surface area contributed by atoms with Crippen molar-refractivity contribution >= 4 is 11.6 Å². The minimum Gasteiger partial charge on any atom is -0.496 e. The Hall–Kier alpha value is -1.58. The third kappa shape index (κ3) is 3.96. The van der Waals surface area contributed by atoms with Gasteiger partial charge in [-0.3, -0.25) is 4.98 Å². The number of pyridine rings is 1. The van der Waals surface area contributed by atoms with Gasteiger partial charge in [0.2, 0.25) is 0 Å². The van der Waals surface area contributed by atoms with Crippen molar-refractivity contribution in [2.45, 2.75) is 25.8 Å². The van der Waals surface area contributed by atoms with Crippen LogP contribution in [0.4, 0.5) is 0 Å². The molecule has 0 saturated carbocycles. The second-order valence-electron chi connectivity index (χ2n) is 5.06. The van der Waals surface area contributed by atoms with Crippen molar-refractivity contribution in [2.24, 2.45) is 0 Å². The van der Waals surface area contributed by atoms with Gasteiger partial charge in [-0.25, -0.2) is 0 Å². The molecule has 2 aromatic rings. The normalized spacial score (nSPS) is 12.2. The highest BCUT2D eigenvalue weighted by Gasteiger charge is 2.11. The number of methoxy groups -OCH3 is 1. The largest absolute Gasteiger partial charge is 0.496 e. The van der Waals surface area contributed by atoms with E-state index in [9.17, 15) is 0 Å². The molecule has 0 aliphatic heterocycles. The van der Waals surface area contributed by atoms with E-state index in [1.165, 1.54) is 0 Å². The predicted octanol–water partition coefficient (Wildman–Crippen LogP) is 3.78. The molecule has 0 bridgehead atoms. The Bertz CT molecular complexity index is 587. The topological polar surface area (TPSA) is 34.1 Å². The summed E-state index contributed by atoms with van der Waals surface area (Å²) in [5.41, 5.74) is 4.25. The van der Waals surface area contributed by atoms with Gasteiger partial charge < -0.3 is 10.1 Å². The van der Waals surface area contributed by atoms with Gasteiger partial charge in [-0.2, -0.15) is 0 Å². The van der Waals surface area contributed by atoms with Crippen LogP contribution in [0.3, 0.4) is 0 Å². The molecule has 1 aromatic heterocycles. The molecule has 112 valence electrons. The maximum absolute atomic E-state index is 6.39. The Morgan fingerprint density at radius 2 is 1.95 bits per heavy atom. The molecule has 1 unspecified atom stereocenters. The molecule has 0 aliphatic carbocycles. The lowest BCUT2D eigenvalue weighted by Gasteiger charge is -2.14. The summed E-state index contributed by atoms with van der Waals surface area (Å²) in [5, 5.41) is 3.32. The van der Waals surface area contributed by atoms with Gasteiger partial charge in [0, 0.05) is 30.4 Å². The number of rotatable bonds is 6. The van der Waals surface area contributed by atoms with E-state index in [0.29, 0.717) is 13.1 Å². The van der Waals surface area contributed by atoms with Crippen molar-refractivity contribution in [1.29, 1.82) is 0 Å². The van der Waals surface area contributed by atoms with Crippen molar-refractivity contribution < 1.29 is 4.74 Å². The Balaban J connectivity index is 1.95. The molecule has 0 amide bonds. The highest BCUT2D eigenvalue weighted by molar-refractivity contribution is 6.21. The Kier molecular flexibility index (Phi) is 5.59. The summed E-state index contributed by atoms with van der Waals surface area (Å²) in [6, 6.07) is 10.1. The molecule has 1 N–H and O–H groups in total. The molecule has 0 radical (unpaired) electrons. The van der Waals surface area contributed by atoms with Crippen molar-refractivity contribution in [2.75, 3.05) is 13.7 Å². The first-order chi connectivity index (χ1) is 10.1. The third-order valence-corrected chi connectivity index (χ3v) is 3.93. The number of aromatic nitrogens is 1. The van der Waals surface area contributed by atoms with E-state index >= 15 is 0 Å². The van der Waals surface area contributed by atoms with E-state index < -0.39 is 0 Å². The number of ether oxygens (including phenoxy) is 1. The van der Waals surface area contributed by atoms with Crippen LogP contribution in [0.2, 0.25) is 0 Å². The van der Waals surface area contributed by atoms with Crippen molar-refractivity contribution in [3.63, 3.8) is 0 Å². The summed E-state index contributed by atoms with van der Waals surface area (Å²) in [7, 11) is 1.69. The fourth-order valence-corrected chi connectivity index (χ4v) is 2.60. The fraction of sp³-hybridized carbons (Fsp3) is 0.353.